The zero-order valence-corrected chi connectivity index (χ0v) is 18.1. The Morgan fingerprint density at radius 1 is 0.897 bits per heavy atom. The standard InChI is InChI=1S/C22H29N3O3S/c1-26-19-10-9-18(20(27-2)21(19)28-3)16-24-11-13-25(14-12-24)22(29)23-15-17-7-5-4-6-8-17/h4-10H,11-16H2,1-3H3,(H,23,29). The third-order valence-electron chi connectivity index (χ3n) is 5.13. The maximum absolute atomic E-state index is 5.61. The smallest absolute Gasteiger partial charge is 0.203 e. The Morgan fingerprint density at radius 3 is 2.21 bits per heavy atom. The Balaban J connectivity index is 1.54. The van der Waals surface area contributed by atoms with Crippen LogP contribution < -0.4 is 19.5 Å². The van der Waals surface area contributed by atoms with E-state index in [2.05, 4.69) is 27.2 Å². The molecule has 0 bridgehead atoms. The van der Waals surface area contributed by atoms with E-state index in [-0.39, 0.29) is 0 Å². The SMILES string of the molecule is COc1ccc(CN2CCN(C(=S)NCc3ccccc3)CC2)c(OC)c1OC. The predicted molar refractivity (Wildman–Crippen MR) is 119 cm³/mol. The molecule has 1 fully saturated rings. The molecule has 1 saturated heterocycles. The monoisotopic (exact) mass is 415 g/mol. The van der Waals surface area contributed by atoms with Crippen LogP contribution in [-0.2, 0) is 13.1 Å². The first-order valence-electron chi connectivity index (χ1n) is 9.73. The number of nitrogens with zero attached hydrogens (tertiary/aromatic N) is 2. The summed E-state index contributed by atoms with van der Waals surface area (Å²) in [7, 11) is 4.92. The molecule has 0 aromatic heterocycles. The minimum Gasteiger partial charge on any atom is -0.493 e. The summed E-state index contributed by atoms with van der Waals surface area (Å²) in [6.45, 7) is 5.21. The summed E-state index contributed by atoms with van der Waals surface area (Å²) in [4.78, 5) is 4.64. The molecule has 1 N–H and O–H groups in total. The predicted octanol–water partition coefficient (Wildman–Crippen LogP) is 2.90. The molecule has 1 aliphatic heterocycles. The summed E-state index contributed by atoms with van der Waals surface area (Å²) in [5, 5.41) is 4.18. The first kappa shape index (κ1) is 21.2. The second kappa shape index (κ2) is 10.3. The second-order valence-corrected chi connectivity index (χ2v) is 7.29. The summed E-state index contributed by atoms with van der Waals surface area (Å²) in [6, 6.07) is 14.3. The molecule has 0 unspecified atom stereocenters. The lowest BCUT2D eigenvalue weighted by Gasteiger charge is -2.36. The Hall–Kier alpha value is -2.51. The first-order valence-corrected chi connectivity index (χ1v) is 10.1. The van der Waals surface area contributed by atoms with Gasteiger partial charge in [0, 0.05) is 44.8 Å². The summed E-state index contributed by atoms with van der Waals surface area (Å²) in [5.74, 6) is 2.04. The van der Waals surface area contributed by atoms with Gasteiger partial charge in [-0.15, -0.1) is 0 Å². The van der Waals surface area contributed by atoms with Gasteiger partial charge in [-0.1, -0.05) is 36.4 Å². The summed E-state index contributed by atoms with van der Waals surface area (Å²) >= 11 is 5.59. The number of methoxy groups -OCH3 is 3. The van der Waals surface area contributed by atoms with E-state index in [0.29, 0.717) is 11.5 Å². The van der Waals surface area contributed by atoms with Gasteiger partial charge in [0.2, 0.25) is 5.75 Å². The quantitative estimate of drug-likeness (QED) is 0.698. The molecule has 0 spiro atoms. The zero-order chi connectivity index (χ0) is 20.6. The maximum atomic E-state index is 5.61. The zero-order valence-electron chi connectivity index (χ0n) is 17.3. The molecule has 0 saturated carbocycles. The van der Waals surface area contributed by atoms with Gasteiger partial charge in [0.15, 0.2) is 16.6 Å². The Bertz CT molecular complexity index is 808. The molecule has 3 rings (SSSR count). The molecule has 7 heteroatoms. The fourth-order valence-electron chi connectivity index (χ4n) is 3.52. The van der Waals surface area contributed by atoms with E-state index in [1.165, 1.54) is 5.56 Å². The van der Waals surface area contributed by atoms with Crippen molar-refractivity contribution in [3.05, 3.63) is 53.6 Å². The van der Waals surface area contributed by atoms with E-state index in [4.69, 9.17) is 26.4 Å². The molecule has 2 aromatic carbocycles. The van der Waals surface area contributed by atoms with Crippen LogP contribution in [0.2, 0.25) is 0 Å². The van der Waals surface area contributed by atoms with Crippen LogP contribution >= 0.6 is 12.2 Å². The van der Waals surface area contributed by atoms with Crippen molar-refractivity contribution in [3.8, 4) is 17.2 Å². The van der Waals surface area contributed by atoms with Gasteiger partial charge in [0.25, 0.3) is 0 Å². The molecule has 29 heavy (non-hydrogen) atoms. The van der Waals surface area contributed by atoms with Gasteiger partial charge in [0.05, 0.1) is 21.3 Å². The maximum Gasteiger partial charge on any atom is 0.203 e. The third kappa shape index (κ3) is 5.31. The molecule has 6 nitrogen and oxygen atoms in total. The van der Waals surface area contributed by atoms with Crippen LogP contribution in [0.5, 0.6) is 17.2 Å². The lowest BCUT2D eigenvalue weighted by molar-refractivity contribution is 0.172. The molecule has 0 amide bonds. The highest BCUT2D eigenvalue weighted by molar-refractivity contribution is 7.80. The molecule has 1 aliphatic rings. The summed E-state index contributed by atoms with van der Waals surface area (Å²) < 4.78 is 16.5. The average Bonchev–Trinajstić information content (AvgIpc) is 2.78. The highest BCUT2D eigenvalue weighted by Gasteiger charge is 2.22. The topological polar surface area (TPSA) is 46.2 Å². The van der Waals surface area contributed by atoms with Crippen molar-refractivity contribution < 1.29 is 14.2 Å². The van der Waals surface area contributed by atoms with Gasteiger partial charge in [-0.25, -0.2) is 0 Å². The van der Waals surface area contributed by atoms with Crippen molar-refractivity contribution in [1.82, 2.24) is 15.1 Å². The van der Waals surface area contributed by atoms with Crippen LogP contribution in [0.25, 0.3) is 0 Å². The lowest BCUT2D eigenvalue weighted by Crippen LogP contribution is -2.51. The van der Waals surface area contributed by atoms with E-state index >= 15 is 0 Å². The van der Waals surface area contributed by atoms with Crippen LogP contribution in [-0.4, -0.2) is 62.4 Å². The van der Waals surface area contributed by atoms with E-state index in [1.807, 2.05) is 30.3 Å². The van der Waals surface area contributed by atoms with Crippen LogP contribution in [0.15, 0.2) is 42.5 Å². The highest BCUT2D eigenvalue weighted by atomic mass is 32.1. The highest BCUT2D eigenvalue weighted by Crippen LogP contribution is 2.40. The molecule has 156 valence electrons. The van der Waals surface area contributed by atoms with Crippen LogP contribution in [0.1, 0.15) is 11.1 Å². The van der Waals surface area contributed by atoms with Gasteiger partial charge in [-0.2, -0.15) is 0 Å². The number of nitrogens with one attached hydrogen (secondary N) is 1. The Labute approximate surface area is 178 Å². The van der Waals surface area contributed by atoms with Crippen molar-refractivity contribution in [2.24, 2.45) is 0 Å². The van der Waals surface area contributed by atoms with Crippen LogP contribution in [0.4, 0.5) is 0 Å². The van der Waals surface area contributed by atoms with Gasteiger partial charge < -0.3 is 24.4 Å². The average molecular weight is 416 g/mol. The normalized spacial score (nSPS) is 14.4. The van der Waals surface area contributed by atoms with Crippen molar-refractivity contribution in [1.29, 1.82) is 0 Å². The van der Waals surface area contributed by atoms with E-state index in [1.54, 1.807) is 21.3 Å². The number of piperazine rings is 1. The fourth-order valence-corrected chi connectivity index (χ4v) is 3.78. The van der Waals surface area contributed by atoms with Gasteiger partial charge in [-0.05, 0) is 23.8 Å². The number of benzene rings is 2. The van der Waals surface area contributed by atoms with Crippen LogP contribution in [0, 0.1) is 0 Å². The molecule has 1 heterocycles. The summed E-state index contributed by atoms with van der Waals surface area (Å²) in [6.07, 6.45) is 0. The second-order valence-electron chi connectivity index (χ2n) is 6.90. The molecule has 0 aliphatic carbocycles. The molecule has 0 radical (unpaired) electrons. The fraction of sp³-hybridized carbons (Fsp3) is 0.409. The number of hydrogen-bond donors (Lipinski definition) is 1. The van der Waals surface area contributed by atoms with Crippen molar-refractivity contribution in [2.45, 2.75) is 13.1 Å². The first-order chi connectivity index (χ1) is 14.2. The number of ether oxygens (including phenoxy) is 3. The van der Waals surface area contributed by atoms with Crippen molar-refractivity contribution >= 4 is 17.3 Å². The lowest BCUT2D eigenvalue weighted by atomic mass is 10.1. The molecule has 0 atom stereocenters. The third-order valence-corrected chi connectivity index (χ3v) is 5.53. The van der Waals surface area contributed by atoms with Crippen molar-refractivity contribution in [2.75, 3.05) is 47.5 Å². The van der Waals surface area contributed by atoms with E-state index < -0.39 is 0 Å². The van der Waals surface area contributed by atoms with Gasteiger partial charge >= 0.3 is 0 Å². The largest absolute Gasteiger partial charge is 0.493 e. The molecular formula is C22H29N3O3S. The van der Waals surface area contributed by atoms with Crippen LogP contribution in [0.3, 0.4) is 0 Å². The Kier molecular flexibility index (Phi) is 7.55. The minimum absolute atomic E-state index is 0.637. The number of rotatable bonds is 7. The number of thiocarbonyl (C=S) groups is 1. The Morgan fingerprint density at radius 2 is 1.59 bits per heavy atom. The van der Waals surface area contributed by atoms with E-state index in [0.717, 1.165) is 55.7 Å². The summed E-state index contributed by atoms with van der Waals surface area (Å²) in [5.41, 5.74) is 2.32. The van der Waals surface area contributed by atoms with Gasteiger partial charge in [0.1, 0.15) is 0 Å². The van der Waals surface area contributed by atoms with Crippen molar-refractivity contribution in [3.63, 3.8) is 0 Å². The van der Waals surface area contributed by atoms with E-state index in [9.17, 15) is 0 Å². The molecule has 2 aromatic rings. The molecular weight excluding hydrogens is 386 g/mol. The van der Waals surface area contributed by atoms with Gasteiger partial charge in [-0.3, -0.25) is 4.90 Å². The minimum atomic E-state index is 0.637. The number of hydrogen-bond acceptors (Lipinski definition) is 5.